The van der Waals surface area contributed by atoms with Crippen LogP contribution in [0.5, 0.6) is 5.75 Å². The summed E-state index contributed by atoms with van der Waals surface area (Å²) in [4.78, 5) is 4.65. The van der Waals surface area contributed by atoms with Gasteiger partial charge in [0.05, 0.1) is 18.8 Å². The number of nitrogens with zero attached hydrogens (tertiary/aromatic N) is 2. The van der Waals surface area contributed by atoms with E-state index < -0.39 is 0 Å². The number of likely N-dealkylation sites (N-methyl/N-ethyl adjacent to an activating group) is 1. The van der Waals surface area contributed by atoms with Gasteiger partial charge in [-0.1, -0.05) is 12.1 Å². The maximum atomic E-state index is 5.82. The van der Waals surface area contributed by atoms with Crippen LogP contribution in [0.3, 0.4) is 0 Å². The largest absolute Gasteiger partial charge is 0.491 e. The van der Waals surface area contributed by atoms with Crippen LogP contribution in [0.4, 0.5) is 0 Å². The number of ether oxygens (including phenoxy) is 2. The van der Waals surface area contributed by atoms with Crippen molar-refractivity contribution in [2.75, 3.05) is 40.3 Å². The second kappa shape index (κ2) is 7.78. The molecule has 1 atom stereocenters. The Labute approximate surface area is 128 Å². The van der Waals surface area contributed by atoms with E-state index in [1.165, 1.54) is 5.56 Å². The lowest BCUT2D eigenvalue weighted by atomic mass is 10.1. The lowest BCUT2D eigenvalue weighted by Gasteiger charge is -2.34. The van der Waals surface area contributed by atoms with Crippen LogP contribution >= 0.6 is 0 Å². The van der Waals surface area contributed by atoms with E-state index in [1.54, 1.807) is 0 Å². The Morgan fingerprint density at radius 1 is 1.29 bits per heavy atom. The maximum Gasteiger partial charge on any atom is 0.119 e. The minimum atomic E-state index is 0.224. The first kappa shape index (κ1) is 16.3. The fraction of sp³-hybridized carbons (Fsp3) is 0.647. The van der Waals surface area contributed by atoms with Crippen molar-refractivity contribution in [1.29, 1.82) is 0 Å². The second-order valence-electron chi connectivity index (χ2n) is 6.30. The smallest absolute Gasteiger partial charge is 0.119 e. The molecule has 0 radical (unpaired) electrons. The average Bonchev–Trinajstić information content (AvgIpc) is 2.40. The van der Waals surface area contributed by atoms with Crippen molar-refractivity contribution in [3.63, 3.8) is 0 Å². The molecule has 1 aliphatic rings. The Morgan fingerprint density at radius 2 is 2.00 bits per heavy atom. The van der Waals surface area contributed by atoms with Gasteiger partial charge in [0.25, 0.3) is 0 Å². The van der Waals surface area contributed by atoms with Crippen LogP contribution < -0.4 is 4.74 Å². The van der Waals surface area contributed by atoms with Crippen molar-refractivity contribution in [2.24, 2.45) is 0 Å². The lowest BCUT2D eigenvalue weighted by Crippen LogP contribution is -2.45. The standard InChI is InChI=1S/C17H28N2O2/c1-14(2)21-16-7-5-15(6-8-16)11-19-9-10-20-17(13-19)12-18(3)4/h5-8,14,17H,9-13H2,1-4H3/t17-/m0/s1. The molecule has 4 heteroatoms. The number of hydrogen-bond acceptors (Lipinski definition) is 4. The highest BCUT2D eigenvalue weighted by Crippen LogP contribution is 2.16. The van der Waals surface area contributed by atoms with Gasteiger partial charge in [-0.3, -0.25) is 4.90 Å². The molecular formula is C17H28N2O2. The van der Waals surface area contributed by atoms with E-state index in [9.17, 15) is 0 Å². The van der Waals surface area contributed by atoms with Gasteiger partial charge >= 0.3 is 0 Å². The third-order valence-corrected chi connectivity index (χ3v) is 3.49. The first-order chi connectivity index (χ1) is 10.0. The highest BCUT2D eigenvalue weighted by Gasteiger charge is 2.20. The van der Waals surface area contributed by atoms with E-state index in [1.807, 2.05) is 13.8 Å². The Kier molecular flexibility index (Phi) is 6.03. The van der Waals surface area contributed by atoms with Crippen LogP contribution in [0, 0.1) is 0 Å². The van der Waals surface area contributed by atoms with Crippen molar-refractivity contribution >= 4 is 0 Å². The van der Waals surface area contributed by atoms with E-state index >= 15 is 0 Å². The van der Waals surface area contributed by atoms with Crippen molar-refractivity contribution < 1.29 is 9.47 Å². The number of morpholine rings is 1. The van der Waals surface area contributed by atoms with E-state index in [0.29, 0.717) is 6.10 Å². The summed E-state index contributed by atoms with van der Waals surface area (Å²) >= 11 is 0. The van der Waals surface area contributed by atoms with Gasteiger partial charge in [-0.2, -0.15) is 0 Å². The Bertz CT molecular complexity index is 417. The molecule has 1 fully saturated rings. The first-order valence-electron chi connectivity index (χ1n) is 7.77. The van der Waals surface area contributed by atoms with Gasteiger partial charge < -0.3 is 14.4 Å². The second-order valence-corrected chi connectivity index (χ2v) is 6.30. The molecule has 0 spiro atoms. The topological polar surface area (TPSA) is 24.9 Å². The normalized spacial score (nSPS) is 20.2. The number of hydrogen-bond donors (Lipinski definition) is 0. The van der Waals surface area contributed by atoms with Crippen molar-refractivity contribution in [2.45, 2.75) is 32.6 Å². The van der Waals surface area contributed by atoms with E-state index in [0.717, 1.165) is 38.5 Å². The summed E-state index contributed by atoms with van der Waals surface area (Å²) in [7, 11) is 4.19. The molecule has 21 heavy (non-hydrogen) atoms. The predicted octanol–water partition coefficient (Wildman–Crippen LogP) is 2.24. The minimum absolute atomic E-state index is 0.224. The quantitative estimate of drug-likeness (QED) is 0.803. The van der Waals surface area contributed by atoms with E-state index in [2.05, 4.69) is 48.2 Å². The summed E-state index contributed by atoms with van der Waals surface area (Å²) in [6.07, 6.45) is 0.541. The Balaban J connectivity index is 1.86. The summed E-state index contributed by atoms with van der Waals surface area (Å²) in [5.74, 6) is 0.946. The van der Waals surface area contributed by atoms with Crippen LogP contribution in [0.1, 0.15) is 19.4 Å². The predicted molar refractivity (Wildman–Crippen MR) is 85.8 cm³/mol. The summed E-state index contributed by atoms with van der Waals surface area (Å²) in [5, 5.41) is 0. The van der Waals surface area contributed by atoms with Gasteiger partial charge in [-0.15, -0.1) is 0 Å². The zero-order valence-electron chi connectivity index (χ0n) is 13.7. The molecule has 4 nitrogen and oxygen atoms in total. The van der Waals surface area contributed by atoms with Gasteiger partial charge in [0, 0.05) is 26.2 Å². The molecule has 0 amide bonds. The molecule has 1 aliphatic heterocycles. The summed E-state index contributed by atoms with van der Waals surface area (Å²) in [6.45, 7) is 8.90. The van der Waals surface area contributed by atoms with E-state index in [4.69, 9.17) is 9.47 Å². The average molecular weight is 292 g/mol. The molecule has 0 bridgehead atoms. The molecule has 0 unspecified atom stereocenters. The van der Waals surface area contributed by atoms with Crippen molar-refractivity contribution in [3.8, 4) is 5.75 Å². The number of benzene rings is 1. The first-order valence-corrected chi connectivity index (χ1v) is 7.77. The molecule has 118 valence electrons. The van der Waals surface area contributed by atoms with Gasteiger partial charge in [0.2, 0.25) is 0 Å². The van der Waals surface area contributed by atoms with E-state index in [-0.39, 0.29) is 6.10 Å². The van der Waals surface area contributed by atoms with Crippen LogP contribution in [0.25, 0.3) is 0 Å². The van der Waals surface area contributed by atoms with Gasteiger partial charge in [-0.25, -0.2) is 0 Å². The van der Waals surface area contributed by atoms with Gasteiger partial charge in [0.15, 0.2) is 0 Å². The fourth-order valence-electron chi connectivity index (χ4n) is 2.65. The zero-order chi connectivity index (χ0) is 15.2. The fourth-order valence-corrected chi connectivity index (χ4v) is 2.65. The van der Waals surface area contributed by atoms with Crippen molar-refractivity contribution in [1.82, 2.24) is 9.80 Å². The summed E-state index contributed by atoms with van der Waals surface area (Å²) < 4.78 is 11.5. The Hall–Kier alpha value is -1.10. The minimum Gasteiger partial charge on any atom is -0.491 e. The molecule has 0 aromatic heterocycles. The van der Waals surface area contributed by atoms with Crippen LogP contribution in [0.15, 0.2) is 24.3 Å². The Morgan fingerprint density at radius 3 is 2.62 bits per heavy atom. The third-order valence-electron chi connectivity index (χ3n) is 3.49. The molecule has 0 N–H and O–H groups in total. The molecule has 1 heterocycles. The van der Waals surface area contributed by atoms with Crippen molar-refractivity contribution in [3.05, 3.63) is 29.8 Å². The van der Waals surface area contributed by atoms with Crippen LogP contribution in [-0.2, 0) is 11.3 Å². The molecule has 0 saturated carbocycles. The monoisotopic (exact) mass is 292 g/mol. The summed E-state index contributed by atoms with van der Waals surface area (Å²) in [6, 6.07) is 8.45. The molecular weight excluding hydrogens is 264 g/mol. The third kappa shape index (κ3) is 5.65. The number of rotatable bonds is 6. The molecule has 1 saturated heterocycles. The van der Waals surface area contributed by atoms with Gasteiger partial charge in [0.1, 0.15) is 5.75 Å². The highest BCUT2D eigenvalue weighted by atomic mass is 16.5. The summed E-state index contributed by atoms with van der Waals surface area (Å²) in [5.41, 5.74) is 1.33. The highest BCUT2D eigenvalue weighted by molar-refractivity contribution is 5.27. The van der Waals surface area contributed by atoms with Crippen LogP contribution in [-0.4, -0.2) is 62.3 Å². The zero-order valence-corrected chi connectivity index (χ0v) is 13.7. The maximum absolute atomic E-state index is 5.82. The van der Waals surface area contributed by atoms with Crippen LogP contribution in [0.2, 0.25) is 0 Å². The van der Waals surface area contributed by atoms with Gasteiger partial charge in [-0.05, 0) is 45.6 Å². The molecule has 1 aromatic carbocycles. The lowest BCUT2D eigenvalue weighted by molar-refractivity contribution is -0.0406. The molecule has 1 aromatic rings. The SMILES string of the molecule is CC(C)Oc1ccc(CN2CCO[C@@H](CN(C)C)C2)cc1. The molecule has 2 rings (SSSR count). The molecule has 0 aliphatic carbocycles.